The first-order chi connectivity index (χ1) is 13.5. The van der Waals surface area contributed by atoms with Gasteiger partial charge in [-0.2, -0.15) is 0 Å². The maximum atomic E-state index is 12.6. The fraction of sp³-hybridized carbons (Fsp3) is 0.273. The van der Waals surface area contributed by atoms with Crippen molar-refractivity contribution in [3.05, 3.63) is 70.1 Å². The van der Waals surface area contributed by atoms with E-state index < -0.39 is 11.5 Å². The molecule has 6 heteroatoms. The molecule has 0 bridgehead atoms. The fourth-order valence-corrected chi connectivity index (χ4v) is 2.92. The number of hydrogen-bond donors (Lipinski definition) is 1. The second-order valence-corrected chi connectivity index (χ2v) is 6.25. The lowest BCUT2D eigenvalue weighted by Crippen LogP contribution is -2.30. The third-order valence-electron chi connectivity index (χ3n) is 4.30. The molecule has 0 spiro atoms. The van der Waals surface area contributed by atoms with E-state index in [0.717, 1.165) is 5.56 Å². The molecule has 0 saturated carbocycles. The number of hydrogen-bond acceptors (Lipinski definition) is 5. The summed E-state index contributed by atoms with van der Waals surface area (Å²) in [5, 5.41) is 3.54. The number of fused-ring (bicyclic) bond motifs is 1. The molecule has 1 amide bonds. The molecule has 0 saturated heterocycles. The largest absolute Gasteiger partial charge is 0.490 e. The Bertz CT molecular complexity index is 1040. The molecule has 1 atom stereocenters. The third kappa shape index (κ3) is 4.17. The third-order valence-corrected chi connectivity index (χ3v) is 4.30. The summed E-state index contributed by atoms with van der Waals surface area (Å²) < 4.78 is 16.4. The van der Waals surface area contributed by atoms with Crippen LogP contribution in [0.25, 0.3) is 11.0 Å². The van der Waals surface area contributed by atoms with Gasteiger partial charge in [0.2, 0.25) is 0 Å². The number of benzene rings is 2. The maximum Gasteiger partial charge on any atom is 0.349 e. The first-order valence-corrected chi connectivity index (χ1v) is 9.26. The molecule has 2 aromatic carbocycles. The van der Waals surface area contributed by atoms with E-state index in [0.29, 0.717) is 35.7 Å². The van der Waals surface area contributed by atoms with E-state index in [2.05, 4.69) is 5.32 Å². The van der Waals surface area contributed by atoms with Crippen molar-refractivity contribution in [2.75, 3.05) is 13.2 Å². The van der Waals surface area contributed by atoms with Gasteiger partial charge in [-0.05, 0) is 50.6 Å². The van der Waals surface area contributed by atoms with Gasteiger partial charge in [0.25, 0.3) is 5.91 Å². The van der Waals surface area contributed by atoms with Crippen LogP contribution in [0.2, 0.25) is 0 Å². The molecule has 0 unspecified atom stereocenters. The Morgan fingerprint density at radius 1 is 1.04 bits per heavy atom. The van der Waals surface area contributed by atoms with E-state index in [1.54, 1.807) is 24.3 Å². The van der Waals surface area contributed by atoms with Crippen molar-refractivity contribution in [1.82, 2.24) is 5.32 Å². The molecule has 1 aromatic heterocycles. The van der Waals surface area contributed by atoms with E-state index in [1.807, 2.05) is 45.0 Å². The highest BCUT2D eigenvalue weighted by Crippen LogP contribution is 2.30. The first-order valence-electron chi connectivity index (χ1n) is 9.26. The molecular formula is C22H23NO5. The van der Waals surface area contributed by atoms with Gasteiger partial charge < -0.3 is 19.2 Å². The van der Waals surface area contributed by atoms with E-state index in [1.165, 1.54) is 0 Å². The van der Waals surface area contributed by atoms with Gasteiger partial charge in [-0.15, -0.1) is 0 Å². The van der Waals surface area contributed by atoms with Gasteiger partial charge in [-0.3, -0.25) is 4.79 Å². The molecule has 3 aromatic rings. The van der Waals surface area contributed by atoms with Crippen molar-refractivity contribution >= 4 is 16.9 Å². The minimum absolute atomic E-state index is 0.0264. The molecule has 0 aliphatic heterocycles. The molecule has 0 aliphatic carbocycles. The summed E-state index contributed by atoms with van der Waals surface area (Å²) in [7, 11) is 0. The van der Waals surface area contributed by atoms with E-state index >= 15 is 0 Å². The molecule has 0 radical (unpaired) electrons. The Labute approximate surface area is 163 Å². The van der Waals surface area contributed by atoms with Crippen LogP contribution in [0.1, 0.15) is 42.7 Å². The zero-order valence-corrected chi connectivity index (χ0v) is 16.2. The van der Waals surface area contributed by atoms with E-state index in [9.17, 15) is 9.59 Å². The molecule has 0 fully saturated rings. The van der Waals surface area contributed by atoms with Crippen LogP contribution in [0.5, 0.6) is 11.5 Å². The van der Waals surface area contributed by atoms with Crippen LogP contribution < -0.4 is 20.4 Å². The Kier molecular flexibility index (Phi) is 5.99. The van der Waals surface area contributed by atoms with Crippen molar-refractivity contribution in [3.63, 3.8) is 0 Å². The highest BCUT2D eigenvalue weighted by Gasteiger charge is 2.18. The van der Waals surface area contributed by atoms with E-state index in [-0.39, 0.29) is 11.6 Å². The van der Waals surface area contributed by atoms with Gasteiger partial charge in [-0.1, -0.05) is 24.3 Å². The molecule has 1 heterocycles. The zero-order chi connectivity index (χ0) is 20.1. The SMILES string of the molecule is CCOc1ccc([C@H](C)NC(=O)c2cc3ccccc3oc2=O)cc1OCC. The van der Waals surface area contributed by atoms with Crippen LogP contribution in [-0.2, 0) is 0 Å². The molecule has 0 aliphatic rings. The summed E-state index contributed by atoms with van der Waals surface area (Å²) >= 11 is 0. The summed E-state index contributed by atoms with van der Waals surface area (Å²) in [5.74, 6) is 0.786. The Hall–Kier alpha value is -3.28. The topological polar surface area (TPSA) is 77.8 Å². The average molecular weight is 381 g/mol. The number of rotatable bonds is 7. The number of para-hydroxylation sites is 1. The molecule has 3 rings (SSSR count). The van der Waals surface area contributed by atoms with Gasteiger partial charge in [-0.25, -0.2) is 4.79 Å². The Morgan fingerprint density at radius 3 is 2.50 bits per heavy atom. The Balaban J connectivity index is 1.83. The van der Waals surface area contributed by atoms with Crippen molar-refractivity contribution in [2.45, 2.75) is 26.8 Å². The highest BCUT2D eigenvalue weighted by atomic mass is 16.5. The quantitative estimate of drug-likeness (QED) is 0.624. The number of ether oxygens (including phenoxy) is 2. The maximum absolute atomic E-state index is 12.6. The molecule has 28 heavy (non-hydrogen) atoms. The van der Waals surface area contributed by atoms with Crippen LogP contribution in [0.4, 0.5) is 0 Å². The summed E-state index contributed by atoms with van der Waals surface area (Å²) in [6.45, 7) is 6.67. The fourth-order valence-electron chi connectivity index (χ4n) is 2.92. The molecule has 146 valence electrons. The normalized spacial score (nSPS) is 11.8. The zero-order valence-electron chi connectivity index (χ0n) is 16.2. The number of amides is 1. The van der Waals surface area contributed by atoms with Crippen LogP contribution in [0.3, 0.4) is 0 Å². The lowest BCUT2D eigenvalue weighted by Gasteiger charge is -2.17. The van der Waals surface area contributed by atoms with Gasteiger partial charge in [0, 0.05) is 5.39 Å². The van der Waals surface area contributed by atoms with Crippen LogP contribution in [-0.4, -0.2) is 19.1 Å². The lowest BCUT2D eigenvalue weighted by atomic mass is 10.1. The number of carbonyl (C=O) groups excluding carboxylic acids is 1. The predicted octanol–water partition coefficient (Wildman–Crippen LogP) is 4.08. The molecular weight excluding hydrogens is 358 g/mol. The van der Waals surface area contributed by atoms with Gasteiger partial charge in [0.1, 0.15) is 11.1 Å². The van der Waals surface area contributed by atoms with Crippen LogP contribution in [0.15, 0.2) is 57.7 Å². The summed E-state index contributed by atoms with van der Waals surface area (Å²) in [6, 6.07) is 13.8. The number of carbonyl (C=O) groups is 1. The number of nitrogens with one attached hydrogen (secondary N) is 1. The second-order valence-electron chi connectivity index (χ2n) is 6.25. The van der Waals surface area contributed by atoms with Crippen molar-refractivity contribution < 1.29 is 18.7 Å². The monoisotopic (exact) mass is 381 g/mol. The standard InChI is InChI=1S/C22H23NO5/c1-4-26-19-11-10-15(13-20(19)27-5-2)14(3)23-21(24)17-12-16-8-6-7-9-18(16)28-22(17)25/h6-14H,4-5H2,1-3H3,(H,23,24)/t14-/m0/s1. The van der Waals surface area contributed by atoms with Gasteiger partial charge in [0.15, 0.2) is 11.5 Å². The molecule has 6 nitrogen and oxygen atoms in total. The smallest absolute Gasteiger partial charge is 0.349 e. The van der Waals surface area contributed by atoms with Crippen LogP contribution >= 0.6 is 0 Å². The van der Waals surface area contributed by atoms with Crippen molar-refractivity contribution in [1.29, 1.82) is 0 Å². The Morgan fingerprint density at radius 2 is 1.75 bits per heavy atom. The highest BCUT2D eigenvalue weighted by molar-refractivity contribution is 5.96. The van der Waals surface area contributed by atoms with Gasteiger partial charge >= 0.3 is 5.63 Å². The minimum Gasteiger partial charge on any atom is -0.490 e. The molecule has 1 N–H and O–H groups in total. The van der Waals surface area contributed by atoms with Crippen molar-refractivity contribution in [3.8, 4) is 11.5 Å². The summed E-state index contributed by atoms with van der Waals surface area (Å²) in [6.07, 6.45) is 0. The average Bonchev–Trinajstić information content (AvgIpc) is 2.69. The van der Waals surface area contributed by atoms with Gasteiger partial charge in [0.05, 0.1) is 19.3 Å². The minimum atomic E-state index is -0.662. The predicted molar refractivity (Wildman–Crippen MR) is 107 cm³/mol. The first kappa shape index (κ1) is 19.5. The summed E-state index contributed by atoms with van der Waals surface area (Å²) in [5.41, 5.74) is 0.599. The lowest BCUT2D eigenvalue weighted by molar-refractivity contribution is 0.0936. The van der Waals surface area contributed by atoms with Crippen LogP contribution in [0, 0.1) is 0 Å². The van der Waals surface area contributed by atoms with Crippen molar-refractivity contribution in [2.24, 2.45) is 0 Å². The summed E-state index contributed by atoms with van der Waals surface area (Å²) in [4.78, 5) is 24.8. The van der Waals surface area contributed by atoms with E-state index in [4.69, 9.17) is 13.9 Å². The second kappa shape index (κ2) is 8.61.